The molecule has 166 valence electrons. The van der Waals surface area contributed by atoms with Crippen molar-refractivity contribution in [2.75, 3.05) is 5.32 Å². The molecule has 1 aliphatic rings. The molecule has 3 aromatic carbocycles. The molecule has 0 saturated heterocycles. The Morgan fingerprint density at radius 2 is 1.74 bits per heavy atom. The summed E-state index contributed by atoms with van der Waals surface area (Å²) in [7, 11) is 0. The fourth-order valence-corrected chi connectivity index (χ4v) is 4.10. The molecule has 0 unspecified atom stereocenters. The van der Waals surface area contributed by atoms with E-state index in [9.17, 15) is 14.0 Å². The molecule has 0 fully saturated rings. The fourth-order valence-electron chi connectivity index (χ4n) is 4.10. The van der Waals surface area contributed by atoms with Crippen LogP contribution in [0.1, 0.15) is 43.0 Å². The summed E-state index contributed by atoms with van der Waals surface area (Å²) in [6, 6.07) is 17.3. The molecular weight excluding hydrogens is 431 g/mol. The van der Waals surface area contributed by atoms with Crippen molar-refractivity contribution in [2.24, 2.45) is 4.99 Å². The van der Waals surface area contributed by atoms with Crippen LogP contribution >= 0.6 is 0 Å². The number of rotatable bonds is 5. The molecule has 1 N–H and O–H groups in total. The summed E-state index contributed by atoms with van der Waals surface area (Å²) in [4.78, 5) is 36.4. The molecule has 5 rings (SSSR count). The lowest BCUT2D eigenvalue weighted by Crippen LogP contribution is -2.08. The van der Waals surface area contributed by atoms with E-state index in [4.69, 9.17) is 9.98 Å². The average molecular weight is 450 g/mol. The lowest BCUT2D eigenvalue weighted by Gasteiger charge is -2.15. The maximum absolute atomic E-state index is 14.7. The van der Waals surface area contributed by atoms with Crippen molar-refractivity contribution >= 4 is 29.9 Å². The van der Waals surface area contributed by atoms with Gasteiger partial charge in [0.1, 0.15) is 5.82 Å². The summed E-state index contributed by atoms with van der Waals surface area (Å²) in [5, 5.41) is 3.11. The van der Waals surface area contributed by atoms with E-state index in [0.717, 1.165) is 22.3 Å². The Bertz CT molecular complexity index is 1480. The van der Waals surface area contributed by atoms with Crippen LogP contribution in [0.2, 0.25) is 0 Å². The van der Waals surface area contributed by atoms with Crippen LogP contribution in [0.5, 0.6) is 0 Å². The van der Waals surface area contributed by atoms with E-state index in [1.54, 1.807) is 42.6 Å². The first-order chi connectivity index (χ1) is 16.6. The molecule has 1 aliphatic heterocycles. The molecule has 0 aliphatic carbocycles. The highest BCUT2D eigenvalue weighted by Gasteiger charge is 2.23. The minimum atomic E-state index is -0.335. The number of fused-ring (bicyclic) bond motifs is 3. The summed E-state index contributed by atoms with van der Waals surface area (Å²) in [6.07, 6.45) is 2.97. The Balaban J connectivity index is 1.61. The van der Waals surface area contributed by atoms with Gasteiger partial charge in [0, 0.05) is 45.3 Å². The average Bonchev–Trinajstić information content (AvgIpc) is 3.02. The van der Waals surface area contributed by atoms with Crippen LogP contribution in [0, 0.1) is 12.7 Å². The van der Waals surface area contributed by atoms with Gasteiger partial charge in [-0.15, -0.1) is 0 Å². The Morgan fingerprint density at radius 1 is 0.941 bits per heavy atom. The molecule has 0 saturated carbocycles. The minimum Gasteiger partial charge on any atom is -0.324 e. The second-order valence-electron chi connectivity index (χ2n) is 7.91. The number of nitrogens with zero attached hydrogens (tertiary/aromatic N) is 3. The first-order valence-electron chi connectivity index (χ1n) is 10.7. The molecule has 34 heavy (non-hydrogen) atoms. The molecule has 0 atom stereocenters. The highest BCUT2D eigenvalue weighted by molar-refractivity contribution is 6.17. The van der Waals surface area contributed by atoms with Gasteiger partial charge in [0.2, 0.25) is 5.95 Å². The number of hydrogen-bond acceptors (Lipinski definition) is 6. The Kier molecular flexibility index (Phi) is 5.51. The van der Waals surface area contributed by atoms with E-state index in [1.807, 2.05) is 25.1 Å². The van der Waals surface area contributed by atoms with E-state index in [-0.39, 0.29) is 11.4 Å². The molecule has 4 aromatic rings. The number of carbonyl (C=O) groups excluding carboxylic acids is 2. The quantitative estimate of drug-likeness (QED) is 0.417. The number of hydrogen-bond donors (Lipinski definition) is 1. The second-order valence-corrected chi connectivity index (χ2v) is 7.91. The number of aliphatic imine (C=N–C) groups is 1. The molecule has 6 nitrogen and oxygen atoms in total. The lowest BCUT2D eigenvalue weighted by molar-refractivity contribution is 0.109. The molecular formula is C27H19FN4O2. The van der Waals surface area contributed by atoms with Crippen molar-refractivity contribution in [1.82, 2.24) is 9.97 Å². The van der Waals surface area contributed by atoms with Gasteiger partial charge in [0.05, 0.1) is 18.0 Å². The zero-order valence-corrected chi connectivity index (χ0v) is 18.2. The van der Waals surface area contributed by atoms with E-state index in [0.29, 0.717) is 53.3 Å². The fraction of sp³-hybridized carbons (Fsp3) is 0.0741. The number of halogens is 1. The third kappa shape index (κ3) is 3.77. The van der Waals surface area contributed by atoms with E-state index >= 15 is 0 Å². The zero-order chi connectivity index (χ0) is 23.7. The van der Waals surface area contributed by atoms with E-state index < -0.39 is 0 Å². The topological polar surface area (TPSA) is 84.3 Å². The molecule has 2 heterocycles. The smallest absolute Gasteiger partial charge is 0.227 e. The SMILES string of the molecule is Cc1cccc2c1-c1nc(Nc3ccc(C=O)c(C=O)c3)ncc1CN=C2c1ccccc1F. The largest absolute Gasteiger partial charge is 0.324 e. The number of carbonyl (C=O) groups is 2. The Hall–Kier alpha value is -4.52. The van der Waals surface area contributed by atoms with Crippen LogP contribution in [-0.2, 0) is 6.54 Å². The maximum Gasteiger partial charge on any atom is 0.227 e. The van der Waals surface area contributed by atoms with Crippen LogP contribution in [0.15, 0.2) is 71.9 Å². The Morgan fingerprint density at radius 3 is 2.53 bits per heavy atom. The van der Waals surface area contributed by atoms with Crippen molar-refractivity contribution in [2.45, 2.75) is 13.5 Å². The van der Waals surface area contributed by atoms with Gasteiger partial charge in [0.15, 0.2) is 12.6 Å². The van der Waals surface area contributed by atoms with Crippen LogP contribution < -0.4 is 5.32 Å². The van der Waals surface area contributed by atoms with Gasteiger partial charge in [-0.25, -0.2) is 14.4 Å². The number of benzene rings is 3. The number of aryl methyl sites for hydroxylation is 1. The number of aromatic nitrogens is 2. The van der Waals surface area contributed by atoms with Gasteiger partial charge >= 0.3 is 0 Å². The third-order valence-corrected chi connectivity index (χ3v) is 5.76. The molecule has 1 aromatic heterocycles. The number of aldehydes is 2. The predicted octanol–water partition coefficient (Wildman–Crippen LogP) is 5.31. The van der Waals surface area contributed by atoms with Crippen molar-refractivity contribution in [3.8, 4) is 11.3 Å². The summed E-state index contributed by atoms with van der Waals surface area (Å²) < 4.78 is 14.7. The molecule has 7 heteroatoms. The lowest BCUT2D eigenvalue weighted by atomic mass is 9.92. The Labute approximate surface area is 195 Å². The van der Waals surface area contributed by atoms with E-state index in [1.165, 1.54) is 6.07 Å². The number of nitrogens with one attached hydrogen (secondary N) is 1. The highest BCUT2D eigenvalue weighted by Crippen LogP contribution is 2.35. The summed E-state index contributed by atoms with van der Waals surface area (Å²) >= 11 is 0. The van der Waals surface area contributed by atoms with Gasteiger partial charge < -0.3 is 5.32 Å². The van der Waals surface area contributed by atoms with Crippen molar-refractivity contribution in [3.05, 3.63) is 106 Å². The van der Waals surface area contributed by atoms with Gasteiger partial charge in [-0.05, 0) is 42.8 Å². The van der Waals surface area contributed by atoms with Crippen LogP contribution in [0.25, 0.3) is 11.3 Å². The van der Waals surface area contributed by atoms with Gasteiger partial charge in [0.25, 0.3) is 0 Å². The van der Waals surface area contributed by atoms with Crippen LogP contribution in [0.4, 0.5) is 16.0 Å². The highest BCUT2D eigenvalue weighted by atomic mass is 19.1. The van der Waals surface area contributed by atoms with Crippen molar-refractivity contribution in [1.29, 1.82) is 0 Å². The first kappa shape index (κ1) is 21.3. The summed E-state index contributed by atoms with van der Waals surface area (Å²) in [5.41, 5.74) is 6.35. The second kappa shape index (κ2) is 8.78. The van der Waals surface area contributed by atoms with Crippen molar-refractivity contribution in [3.63, 3.8) is 0 Å². The van der Waals surface area contributed by atoms with Crippen molar-refractivity contribution < 1.29 is 14.0 Å². The summed E-state index contributed by atoms with van der Waals surface area (Å²) in [6.45, 7) is 2.29. The maximum atomic E-state index is 14.7. The summed E-state index contributed by atoms with van der Waals surface area (Å²) in [5.74, 6) is -0.00384. The monoisotopic (exact) mass is 450 g/mol. The van der Waals surface area contributed by atoms with Gasteiger partial charge in [-0.3, -0.25) is 14.6 Å². The predicted molar refractivity (Wildman–Crippen MR) is 128 cm³/mol. The molecule has 0 bridgehead atoms. The number of anilines is 2. The van der Waals surface area contributed by atoms with Gasteiger partial charge in [-0.2, -0.15) is 0 Å². The third-order valence-electron chi connectivity index (χ3n) is 5.76. The van der Waals surface area contributed by atoms with E-state index in [2.05, 4.69) is 10.3 Å². The molecule has 0 amide bonds. The molecule has 0 radical (unpaired) electrons. The van der Waals surface area contributed by atoms with Crippen LogP contribution in [-0.4, -0.2) is 28.3 Å². The van der Waals surface area contributed by atoms with Gasteiger partial charge in [-0.1, -0.05) is 30.3 Å². The molecule has 0 spiro atoms. The van der Waals surface area contributed by atoms with Crippen LogP contribution in [0.3, 0.4) is 0 Å². The minimum absolute atomic E-state index is 0.277. The normalized spacial score (nSPS) is 12.1. The zero-order valence-electron chi connectivity index (χ0n) is 18.2. The standard InChI is InChI=1S/C27H19FN4O2/c1-16-5-4-7-22-24(16)25-19(12-29-26(22)21-6-2-3-8-23(21)28)13-30-27(32-25)31-20-10-9-17(14-33)18(11-20)15-34/h2-11,13-15H,12H2,1H3,(H,30,31,32). The first-order valence-corrected chi connectivity index (χ1v) is 10.7.